The molecule has 6 heteroatoms. The van der Waals surface area contributed by atoms with Crippen molar-refractivity contribution in [1.82, 2.24) is 4.90 Å². The summed E-state index contributed by atoms with van der Waals surface area (Å²) in [5.41, 5.74) is 5.57. The minimum absolute atomic E-state index is 0.196. The van der Waals surface area contributed by atoms with Crippen molar-refractivity contribution in [3.05, 3.63) is 20.8 Å². The average molecular weight is 335 g/mol. The van der Waals surface area contributed by atoms with Crippen molar-refractivity contribution in [3.8, 4) is 0 Å². The van der Waals surface area contributed by atoms with E-state index in [2.05, 4.69) is 15.9 Å². The second-order valence-corrected chi connectivity index (χ2v) is 6.99. The summed E-state index contributed by atoms with van der Waals surface area (Å²) < 4.78 is 6.28. The van der Waals surface area contributed by atoms with Gasteiger partial charge in [-0.2, -0.15) is 0 Å². The molecule has 4 nitrogen and oxygen atoms in total. The van der Waals surface area contributed by atoms with Crippen LogP contribution in [0.15, 0.2) is 15.9 Å². The third-order valence-electron chi connectivity index (χ3n) is 2.13. The first-order valence-corrected chi connectivity index (χ1v) is 7.30. The van der Waals surface area contributed by atoms with Crippen LogP contribution in [0.3, 0.4) is 0 Å². The lowest BCUT2D eigenvalue weighted by Gasteiger charge is -2.26. The lowest BCUT2D eigenvalue weighted by atomic mass is 10.2. The molecule has 0 aromatic carbocycles. The third kappa shape index (κ3) is 4.96. The zero-order chi connectivity index (χ0) is 13.9. The van der Waals surface area contributed by atoms with Crippen LogP contribution in [-0.2, 0) is 4.74 Å². The third-order valence-corrected chi connectivity index (χ3v) is 3.95. The molecule has 102 valence electrons. The topological polar surface area (TPSA) is 55.6 Å². The van der Waals surface area contributed by atoms with Gasteiger partial charge in [0.1, 0.15) is 5.60 Å². The maximum atomic E-state index is 11.8. The van der Waals surface area contributed by atoms with E-state index in [-0.39, 0.29) is 12.1 Å². The molecule has 1 amide bonds. The van der Waals surface area contributed by atoms with E-state index in [1.54, 1.807) is 18.4 Å². The summed E-state index contributed by atoms with van der Waals surface area (Å²) in [6, 6.07) is 1.77. The van der Waals surface area contributed by atoms with Crippen molar-refractivity contribution in [1.29, 1.82) is 0 Å². The molecule has 0 aliphatic carbocycles. The van der Waals surface area contributed by atoms with Gasteiger partial charge in [0, 0.05) is 28.3 Å². The van der Waals surface area contributed by atoms with Crippen LogP contribution in [0.25, 0.3) is 0 Å². The van der Waals surface area contributed by atoms with Crippen LogP contribution in [0.2, 0.25) is 0 Å². The predicted molar refractivity (Wildman–Crippen MR) is 77.8 cm³/mol. The van der Waals surface area contributed by atoms with Crippen LogP contribution in [0.4, 0.5) is 4.79 Å². The largest absolute Gasteiger partial charge is 0.444 e. The molecule has 1 atom stereocenters. The molecule has 1 rings (SSSR count). The van der Waals surface area contributed by atoms with Gasteiger partial charge < -0.3 is 15.4 Å². The molecule has 1 aromatic heterocycles. The molecule has 1 unspecified atom stereocenters. The summed E-state index contributed by atoms with van der Waals surface area (Å²) in [6.07, 6.45) is -0.353. The number of hydrogen-bond acceptors (Lipinski definition) is 4. The Kier molecular flexibility index (Phi) is 5.19. The quantitative estimate of drug-likeness (QED) is 0.921. The number of likely N-dealkylation sites (N-methyl/N-ethyl adjacent to an activating group) is 1. The van der Waals surface area contributed by atoms with Crippen molar-refractivity contribution in [2.24, 2.45) is 5.73 Å². The van der Waals surface area contributed by atoms with E-state index in [1.165, 1.54) is 4.90 Å². The molecule has 0 bridgehead atoms. The van der Waals surface area contributed by atoms with Gasteiger partial charge in [0.15, 0.2) is 0 Å². The van der Waals surface area contributed by atoms with Crippen molar-refractivity contribution in [2.75, 3.05) is 13.6 Å². The number of nitrogens with zero attached hydrogens (tertiary/aromatic N) is 1. The van der Waals surface area contributed by atoms with Crippen molar-refractivity contribution >= 4 is 33.4 Å². The Labute approximate surface area is 120 Å². The van der Waals surface area contributed by atoms with Crippen LogP contribution in [0, 0.1) is 0 Å². The minimum atomic E-state index is -0.485. The molecule has 0 saturated heterocycles. The highest BCUT2D eigenvalue weighted by atomic mass is 79.9. The first kappa shape index (κ1) is 15.5. The van der Waals surface area contributed by atoms with E-state index in [4.69, 9.17) is 10.5 Å². The van der Waals surface area contributed by atoms with Gasteiger partial charge in [-0.1, -0.05) is 0 Å². The number of rotatable bonds is 3. The lowest BCUT2D eigenvalue weighted by Crippen LogP contribution is -2.38. The molecule has 0 radical (unpaired) electrons. The fourth-order valence-corrected chi connectivity index (χ4v) is 2.76. The van der Waals surface area contributed by atoms with E-state index in [0.717, 1.165) is 9.35 Å². The number of hydrogen-bond donors (Lipinski definition) is 1. The molecule has 0 spiro atoms. The van der Waals surface area contributed by atoms with Gasteiger partial charge in [-0.05, 0) is 42.8 Å². The second-order valence-electron chi connectivity index (χ2n) is 5.13. The highest BCUT2D eigenvalue weighted by molar-refractivity contribution is 9.10. The summed E-state index contributed by atoms with van der Waals surface area (Å²) >= 11 is 4.96. The first-order valence-electron chi connectivity index (χ1n) is 5.62. The van der Waals surface area contributed by atoms with Crippen molar-refractivity contribution in [3.63, 3.8) is 0 Å². The van der Waals surface area contributed by atoms with Gasteiger partial charge in [-0.15, -0.1) is 11.3 Å². The fraction of sp³-hybridized carbons (Fsp3) is 0.583. The van der Waals surface area contributed by atoms with Crippen molar-refractivity contribution < 1.29 is 9.53 Å². The first-order chi connectivity index (χ1) is 8.19. The van der Waals surface area contributed by atoms with Gasteiger partial charge in [0.05, 0.1) is 6.04 Å². The Morgan fingerprint density at radius 2 is 2.22 bits per heavy atom. The van der Waals surface area contributed by atoms with Crippen molar-refractivity contribution in [2.45, 2.75) is 32.4 Å². The second kappa shape index (κ2) is 6.04. The summed E-state index contributed by atoms with van der Waals surface area (Å²) in [4.78, 5) is 14.3. The Bertz CT molecular complexity index is 414. The molecular weight excluding hydrogens is 316 g/mol. The number of halogens is 1. The molecule has 1 heterocycles. The molecule has 1 aromatic rings. The molecule has 0 aliphatic rings. The van der Waals surface area contributed by atoms with E-state index in [0.29, 0.717) is 6.54 Å². The number of carbonyl (C=O) groups excluding carboxylic acids is 1. The molecule has 0 aliphatic heterocycles. The van der Waals surface area contributed by atoms with Gasteiger partial charge in [-0.3, -0.25) is 0 Å². The normalized spacial score (nSPS) is 13.2. The zero-order valence-corrected chi connectivity index (χ0v) is 13.5. The van der Waals surface area contributed by atoms with Gasteiger partial charge in [-0.25, -0.2) is 4.79 Å². The molecule has 0 saturated carbocycles. The molecule has 0 fully saturated rings. The zero-order valence-electron chi connectivity index (χ0n) is 11.1. The number of ether oxygens (including phenoxy) is 1. The lowest BCUT2D eigenvalue weighted by molar-refractivity contribution is 0.0289. The van der Waals surface area contributed by atoms with Crippen LogP contribution in [-0.4, -0.2) is 30.2 Å². The Balaban J connectivity index is 2.54. The Hall–Kier alpha value is -0.590. The molecular formula is C12H19BrN2O2S. The highest BCUT2D eigenvalue weighted by Crippen LogP contribution is 2.24. The summed E-state index contributed by atoms with van der Waals surface area (Å²) in [5, 5.41) is 1.97. The monoisotopic (exact) mass is 334 g/mol. The number of nitrogens with two attached hydrogens (primary N) is 1. The van der Waals surface area contributed by atoms with Crippen LogP contribution in [0.1, 0.15) is 31.7 Å². The van der Waals surface area contributed by atoms with E-state index in [9.17, 15) is 4.79 Å². The standard InChI is InChI=1S/C12H19BrN2O2S/c1-12(2,3)17-11(16)15(4)6-9(14)10-5-8(13)7-18-10/h5,7,9H,6,14H2,1-4H3. The number of carbonyl (C=O) groups is 1. The number of thiophene rings is 1. The van der Waals surface area contributed by atoms with E-state index < -0.39 is 5.60 Å². The number of amides is 1. The molecule has 2 N–H and O–H groups in total. The SMILES string of the molecule is CN(CC(N)c1cc(Br)cs1)C(=O)OC(C)(C)C. The van der Waals surface area contributed by atoms with Crippen LogP contribution in [0.5, 0.6) is 0 Å². The maximum Gasteiger partial charge on any atom is 0.410 e. The van der Waals surface area contributed by atoms with Gasteiger partial charge in [0.25, 0.3) is 0 Å². The summed E-state index contributed by atoms with van der Waals surface area (Å²) in [5.74, 6) is 0. The summed E-state index contributed by atoms with van der Waals surface area (Å²) in [6.45, 7) is 5.96. The van der Waals surface area contributed by atoms with Crippen LogP contribution < -0.4 is 5.73 Å². The summed E-state index contributed by atoms with van der Waals surface area (Å²) in [7, 11) is 1.69. The fourth-order valence-electron chi connectivity index (χ4n) is 1.32. The van der Waals surface area contributed by atoms with Crippen LogP contribution >= 0.6 is 27.3 Å². The molecule has 18 heavy (non-hydrogen) atoms. The highest BCUT2D eigenvalue weighted by Gasteiger charge is 2.21. The van der Waals surface area contributed by atoms with Gasteiger partial charge in [0.2, 0.25) is 0 Å². The smallest absolute Gasteiger partial charge is 0.410 e. The van der Waals surface area contributed by atoms with Gasteiger partial charge >= 0.3 is 6.09 Å². The Morgan fingerprint density at radius 3 is 2.67 bits per heavy atom. The average Bonchev–Trinajstić information content (AvgIpc) is 2.62. The maximum absolute atomic E-state index is 11.8. The van der Waals surface area contributed by atoms with E-state index >= 15 is 0 Å². The minimum Gasteiger partial charge on any atom is -0.444 e. The van der Waals surface area contributed by atoms with E-state index in [1.807, 2.05) is 32.2 Å². The predicted octanol–water partition coefficient (Wildman–Crippen LogP) is 3.38. The Morgan fingerprint density at radius 1 is 1.61 bits per heavy atom.